The van der Waals surface area contributed by atoms with E-state index in [0.717, 1.165) is 6.42 Å². The number of benzene rings is 1. The van der Waals surface area contributed by atoms with Crippen molar-refractivity contribution in [1.82, 2.24) is 0 Å². The molecule has 0 radical (unpaired) electrons. The molecule has 1 aromatic carbocycles. The van der Waals surface area contributed by atoms with Crippen LogP contribution in [0.4, 0.5) is 11.4 Å². The Hall–Kier alpha value is -1.95. The van der Waals surface area contributed by atoms with E-state index in [2.05, 4.69) is 17.6 Å². The molecule has 0 aromatic heterocycles. The number of nitro groups is 1. The summed E-state index contributed by atoms with van der Waals surface area (Å²) in [7, 11) is 0. The lowest BCUT2D eigenvalue weighted by Gasteiger charge is -2.26. The Kier molecular flexibility index (Phi) is 5.49. The fraction of sp³-hybridized carbons (Fsp3) is 0.562. The molecule has 1 fully saturated rings. The highest BCUT2D eigenvalue weighted by Crippen LogP contribution is 2.22. The molecular formula is C16H24N3O3+. The molecule has 0 aliphatic heterocycles. The Morgan fingerprint density at radius 2 is 2.14 bits per heavy atom. The van der Waals surface area contributed by atoms with Gasteiger partial charge >= 0.3 is 0 Å². The van der Waals surface area contributed by atoms with Crippen LogP contribution in [0, 0.1) is 23.0 Å². The fourth-order valence-electron chi connectivity index (χ4n) is 3.05. The molecule has 120 valence electrons. The fourth-order valence-corrected chi connectivity index (χ4v) is 3.05. The minimum Gasteiger partial charge on any atom is -0.336 e. The second kappa shape index (κ2) is 7.35. The second-order valence-corrected chi connectivity index (χ2v) is 6.17. The number of nitrogens with two attached hydrogens (primary N) is 1. The first-order valence-electron chi connectivity index (χ1n) is 7.85. The van der Waals surface area contributed by atoms with Gasteiger partial charge in [0.05, 0.1) is 11.0 Å². The van der Waals surface area contributed by atoms with Gasteiger partial charge in [0.25, 0.3) is 11.6 Å². The third kappa shape index (κ3) is 4.27. The molecule has 22 heavy (non-hydrogen) atoms. The minimum absolute atomic E-state index is 0.0303. The third-order valence-electron chi connectivity index (χ3n) is 4.47. The van der Waals surface area contributed by atoms with E-state index < -0.39 is 4.92 Å². The van der Waals surface area contributed by atoms with Crippen LogP contribution in [-0.2, 0) is 4.79 Å². The van der Waals surface area contributed by atoms with E-state index in [1.807, 2.05) is 0 Å². The zero-order valence-corrected chi connectivity index (χ0v) is 13.2. The summed E-state index contributed by atoms with van der Waals surface area (Å²) in [6.45, 7) is 4.28. The van der Waals surface area contributed by atoms with Gasteiger partial charge in [-0.25, -0.2) is 0 Å². The molecule has 0 spiro atoms. The van der Waals surface area contributed by atoms with Gasteiger partial charge in [0.15, 0.2) is 6.54 Å². The molecule has 0 bridgehead atoms. The van der Waals surface area contributed by atoms with Crippen LogP contribution in [0.2, 0.25) is 0 Å². The monoisotopic (exact) mass is 306 g/mol. The minimum atomic E-state index is -0.430. The van der Waals surface area contributed by atoms with E-state index in [4.69, 9.17) is 0 Å². The van der Waals surface area contributed by atoms with E-state index in [1.165, 1.54) is 25.3 Å². The second-order valence-electron chi connectivity index (χ2n) is 6.17. The van der Waals surface area contributed by atoms with Crippen LogP contribution in [0.25, 0.3) is 0 Å². The molecule has 6 heteroatoms. The number of nitro benzene ring substituents is 1. The SMILES string of the molecule is Cc1ccc(NC(=O)C[NH2+][C@H]2CCCC[C@@H]2C)cc1[N+](=O)[O-]. The van der Waals surface area contributed by atoms with Crippen molar-refractivity contribution in [3.8, 4) is 0 Å². The standard InChI is InChI=1S/C16H23N3O3/c1-11-5-3-4-6-14(11)17-10-16(20)18-13-8-7-12(2)15(9-13)19(21)22/h7-9,11,14,17H,3-6,10H2,1-2H3,(H,18,20)/p+1/t11-,14-/m0/s1. The molecule has 1 aliphatic rings. The van der Waals surface area contributed by atoms with Crippen LogP contribution in [0.15, 0.2) is 18.2 Å². The largest absolute Gasteiger partial charge is 0.336 e. The van der Waals surface area contributed by atoms with Crippen molar-refractivity contribution in [3.05, 3.63) is 33.9 Å². The topological polar surface area (TPSA) is 88.8 Å². The lowest BCUT2D eigenvalue weighted by atomic mass is 9.86. The van der Waals surface area contributed by atoms with Crippen molar-refractivity contribution in [3.63, 3.8) is 0 Å². The number of nitrogens with one attached hydrogen (secondary N) is 1. The Morgan fingerprint density at radius 1 is 1.41 bits per heavy atom. The Morgan fingerprint density at radius 3 is 2.82 bits per heavy atom. The first-order chi connectivity index (χ1) is 10.5. The summed E-state index contributed by atoms with van der Waals surface area (Å²) in [5.41, 5.74) is 1.10. The van der Waals surface area contributed by atoms with Crippen LogP contribution in [0.1, 0.15) is 38.2 Å². The quantitative estimate of drug-likeness (QED) is 0.644. The molecule has 3 N–H and O–H groups in total. The van der Waals surface area contributed by atoms with Crippen molar-refractivity contribution in [2.75, 3.05) is 11.9 Å². The van der Waals surface area contributed by atoms with Crippen LogP contribution in [0.5, 0.6) is 0 Å². The summed E-state index contributed by atoms with van der Waals surface area (Å²) in [5, 5.41) is 15.8. The van der Waals surface area contributed by atoms with E-state index in [1.54, 1.807) is 19.1 Å². The van der Waals surface area contributed by atoms with Gasteiger partial charge in [0.1, 0.15) is 0 Å². The van der Waals surface area contributed by atoms with Crippen LogP contribution >= 0.6 is 0 Å². The highest BCUT2D eigenvalue weighted by Gasteiger charge is 2.24. The first kappa shape index (κ1) is 16.4. The average molecular weight is 306 g/mol. The van der Waals surface area contributed by atoms with Gasteiger partial charge in [-0.1, -0.05) is 19.4 Å². The number of amides is 1. The number of carbonyl (C=O) groups excluding carboxylic acids is 1. The Bertz CT molecular complexity index is 560. The predicted molar refractivity (Wildman–Crippen MR) is 84.7 cm³/mol. The molecule has 2 rings (SSSR count). The van der Waals surface area contributed by atoms with Crippen molar-refractivity contribution in [2.24, 2.45) is 5.92 Å². The molecule has 0 heterocycles. The average Bonchev–Trinajstić information content (AvgIpc) is 2.48. The highest BCUT2D eigenvalue weighted by molar-refractivity contribution is 5.91. The van der Waals surface area contributed by atoms with E-state index >= 15 is 0 Å². The van der Waals surface area contributed by atoms with E-state index in [9.17, 15) is 14.9 Å². The summed E-state index contributed by atoms with van der Waals surface area (Å²) in [6, 6.07) is 5.27. The van der Waals surface area contributed by atoms with E-state index in [-0.39, 0.29) is 11.6 Å². The van der Waals surface area contributed by atoms with Crippen molar-refractivity contribution >= 4 is 17.3 Å². The van der Waals surface area contributed by atoms with Gasteiger partial charge in [-0.15, -0.1) is 0 Å². The third-order valence-corrected chi connectivity index (χ3v) is 4.47. The van der Waals surface area contributed by atoms with Gasteiger partial charge in [-0.2, -0.15) is 0 Å². The normalized spacial score (nSPS) is 21.4. The highest BCUT2D eigenvalue weighted by atomic mass is 16.6. The number of hydrogen-bond acceptors (Lipinski definition) is 3. The Balaban J connectivity index is 1.89. The lowest BCUT2D eigenvalue weighted by molar-refractivity contribution is -0.687. The summed E-state index contributed by atoms with van der Waals surface area (Å²) in [6.07, 6.45) is 4.90. The zero-order valence-electron chi connectivity index (χ0n) is 13.2. The summed E-state index contributed by atoms with van der Waals surface area (Å²) >= 11 is 0. The summed E-state index contributed by atoms with van der Waals surface area (Å²) < 4.78 is 0. The predicted octanol–water partition coefficient (Wildman–Crippen LogP) is 1.98. The van der Waals surface area contributed by atoms with Crippen molar-refractivity contribution < 1.29 is 15.0 Å². The molecule has 2 atom stereocenters. The van der Waals surface area contributed by atoms with Crippen LogP contribution in [-0.4, -0.2) is 23.4 Å². The maximum Gasteiger partial charge on any atom is 0.279 e. The van der Waals surface area contributed by atoms with E-state index in [0.29, 0.717) is 29.8 Å². The number of nitrogens with zero attached hydrogens (tertiary/aromatic N) is 1. The maximum atomic E-state index is 12.0. The van der Waals surface area contributed by atoms with Crippen LogP contribution < -0.4 is 10.6 Å². The molecule has 0 saturated heterocycles. The van der Waals surface area contributed by atoms with Gasteiger partial charge in [-0.05, 0) is 32.3 Å². The number of hydrogen-bond donors (Lipinski definition) is 2. The van der Waals surface area contributed by atoms with Gasteiger partial charge < -0.3 is 10.6 Å². The molecule has 1 saturated carbocycles. The Labute approximate surface area is 130 Å². The summed E-state index contributed by atoms with van der Waals surface area (Å²) in [5.74, 6) is 0.526. The molecule has 1 amide bonds. The molecular weight excluding hydrogens is 282 g/mol. The van der Waals surface area contributed by atoms with Crippen molar-refractivity contribution in [1.29, 1.82) is 0 Å². The molecule has 1 aliphatic carbocycles. The number of carbonyl (C=O) groups is 1. The number of rotatable bonds is 5. The zero-order chi connectivity index (χ0) is 16.1. The number of quaternary nitrogens is 1. The molecule has 6 nitrogen and oxygen atoms in total. The number of aryl methyl sites for hydroxylation is 1. The number of anilines is 1. The first-order valence-corrected chi connectivity index (χ1v) is 7.85. The van der Waals surface area contributed by atoms with Gasteiger partial charge in [0.2, 0.25) is 0 Å². The van der Waals surface area contributed by atoms with Crippen LogP contribution in [0.3, 0.4) is 0 Å². The maximum absolute atomic E-state index is 12.0. The van der Waals surface area contributed by atoms with Gasteiger partial charge in [0, 0.05) is 23.2 Å². The van der Waals surface area contributed by atoms with Gasteiger partial charge in [-0.3, -0.25) is 14.9 Å². The summed E-state index contributed by atoms with van der Waals surface area (Å²) in [4.78, 5) is 22.5. The smallest absolute Gasteiger partial charge is 0.279 e. The lowest BCUT2D eigenvalue weighted by Crippen LogP contribution is -2.93. The van der Waals surface area contributed by atoms with Crippen molar-refractivity contribution in [2.45, 2.75) is 45.6 Å². The molecule has 0 unspecified atom stereocenters. The molecule has 1 aromatic rings.